The van der Waals surface area contributed by atoms with Crippen molar-refractivity contribution in [1.82, 2.24) is 0 Å². The normalized spacial score (nSPS) is 13.8. The van der Waals surface area contributed by atoms with Crippen LogP contribution in [0.15, 0.2) is 12.2 Å². The Morgan fingerprint density at radius 2 is 0.603 bits per heavy atom. The van der Waals surface area contributed by atoms with Crippen LogP contribution in [0, 0.1) is 17.3 Å². The molecule has 0 aromatic carbocycles. The fourth-order valence-electron chi connectivity index (χ4n) is 9.24. The highest BCUT2D eigenvalue weighted by molar-refractivity contribution is 5.88. The highest BCUT2D eigenvalue weighted by Crippen LogP contribution is 2.47. The van der Waals surface area contributed by atoms with Gasteiger partial charge < -0.3 is 15.3 Å². The summed E-state index contributed by atoms with van der Waals surface area (Å²) >= 11 is 0. The average Bonchev–Trinajstić information content (AvgIpc) is 3.20. The quantitative estimate of drug-likeness (QED) is 0.0416. The predicted octanol–water partition coefficient (Wildman–Crippen LogP) is 17.1. The van der Waals surface area contributed by atoms with Crippen molar-refractivity contribution in [3.63, 3.8) is 0 Å². The molecule has 0 saturated carbocycles. The number of carboxylic acids is 3. The van der Waals surface area contributed by atoms with Gasteiger partial charge in [-0.15, -0.1) is 0 Å². The van der Waals surface area contributed by atoms with Crippen molar-refractivity contribution in [2.75, 3.05) is 0 Å². The minimum absolute atomic E-state index is 0.121. The molecule has 0 saturated heterocycles. The largest absolute Gasteiger partial charge is 0.481 e. The van der Waals surface area contributed by atoms with E-state index in [0.717, 1.165) is 70.6 Å². The van der Waals surface area contributed by atoms with E-state index in [1.807, 2.05) is 0 Å². The maximum absolute atomic E-state index is 13.4. The molecule has 3 atom stereocenters. The molecule has 3 N–H and O–H groups in total. The van der Waals surface area contributed by atoms with Crippen molar-refractivity contribution in [2.24, 2.45) is 17.3 Å². The van der Waals surface area contributed by atoms with Gasteiger partial charge in [-0.1, -0.05) is 251 Å². The topological polar surface area (TPSA) is 112 Å². The van der Waals surface area contributed by atoms with Crippen LogP contribution in [0.4, 0.5) is 0 Å². The molecule has 0 rings (SSSR count). The van der Waals surface area contributed by atoms with E-state index in [1.165, 1.54) is 154 Å². The third-order valence-electron chi connectivity index (χ3n) is 13.0. The number of rotatable bonds is 47. The molecule has 0 fully saturated rings. The van der Waals surface area contributed by atoms with Crippen LogP contribution in [0.3, 0.4) is 0 Å². The Balaban J connectivity index is 5.23. The molecule has 342 valence electrons. The molecule has 0 heterocycles. The Kier molecular flexibility index (Phi) is 40.5. The van der Waals surface area contributed by atoms with Crippen molar-refractivity contribution < 1.29 is 29.7 Å². The molecule has 0 radical (unpaired) electrons. The summed E-state index contributed by atoms with van der Waals surface area (Å²) < 4.78 is 0. The van der Waals surface area contributed by atoms with Crippen molar-refractivity contribution in [3.05, 3.63) is 12.2 Å². The van der Waals surface area contributed by atoms with Crippen LogP contribution >= 0.6 is 0 Å². The number of carbonyl (C=O) groups is 3. The molecule has 0 aromatic heterocycles. The van der Waals surface area contributed by atoms with Crippen LogP contribution < -0.4 is 0 Å². The van der Waals surface area contributed by atoms with Crippen LogP contribution in [-0.4, -0.2) is 33.2 Å². The van der Waals surface area contributed by atoms with Gasteiger partial charge in [0.05, 0.1) is 17.3 Å². The second-order valence-electron chi connectivity index (χ2n) is 18.2. The van der Waals surface area contributed by atoms with Gasteiger partial charge in [-0.3, -0.25) is 14.4 Å². The Hall–Kier alpha value is -1.85. The summed E-state index contributed by atoms with van der Waals surface area (Å²) in [5.74, 6) is -5.92. The van der Waals surface area contributed by atoms with Crippen LogP contribution in [0.1, 0.15) is 284 Å². The third kappa shape index (κ3) is 30.2. The molecule has 6 nitrogen and oxygen atoms in total. The highest BCUT2D eigenvalue weighted by atomic mass is 16.4. The van der Waals surface area contributed by atoms with Gasteiger partial charge in [-0.05, 0) is 44.9 Å². The zero-order chi connectivity index (χ0) is 42.8. The molecular formula is C52H98O6. The molecule has 0 aliphatic rings. The Morgan fingerprint density at radius 1 is 0.362 bits per heavy atom. The first-order valence-electron chi connectivity index (χ1n) is 25.6. The number of hydrogen-bond donors (Lipinski definition) is 3. The minimum Gasteiger partial charge on any atom is -0.481 e. The van der Waals surface area contributed by atoms with Crippen molar-refractivity contribution in [1.29, 1.82) is 0 Å². The van der Waals surface area contributed by atoms with Crippen LogP contribution in [0.2, 0.25) is 0 Å². The number of allylic oxidation sites excluding steroid dienone is 2. The first kappa shape index (κ1) is 56.1. The highest BCUT2D eigenvalue weighted by Gasteiger charge is 2.56. The summed E-state index contributed by atoms with van der Waals surface area (Å²) in [5, 5.41) is 32.2. The fourth-order valence-corrected chi connectivity index (χ4v) is 9.24. The molecule has 6 heteroatoms. The van der Waals surface area contributed by atoms with E-state index < -0.39 is 35.2 Å². The second kappa shape index (κ2) is 41.9. The Labute approximate surface area is 360 Å². The van der Waals surface area contributed by atoms with Crippen LogP contribution in [-0.2, 0) is 14.4 Å². The summed E-state index contributed by atoms with van der Waals surface area (Å²) in [7, 11) is 0. The maximum Gasteiger partial charge on any atom is 0.311 e. The van der Waals surface area contributed by atoms with Gasteiger partial charge in [-0.25, -0.2) is 0 Å². The van der Waals surface area contributed by atoms with Crippen molar-refractivity contribution >= 4 is 17.9 Å². The van der Waals surface area contributed by atoms with Gasteiger partial charge in [0.1, 0.15) is 0 Å². The second-order valence-corrected chi connectivity index (χ2v) is 18.2. The smallest absolute Gasteiger partial charge is 0.311 e. The third-order valence-corrected chi connectivity index (χ3v) is 13.0. The molecule has 0 amide bonds. The molecule has 0 spiro atoms. The molecule has 0 aromatic rings. The lowest BCUT2D eigenvalue weighted by atomic mass is 9.60. The van der Waals surface area contributed by atoms with Gasteiger partial charge in [0.2, 0.25) is 0 Å². The lowest BCUT2D eigenvalue weighted by Crippen LogP contribution is -2.51. The zero-order valence-corrected chi connectivity index (χ0v) is 38.9. The van der Waals surface area contributed by atoms with E-state index >= 15 is 0 Å². The number of aliphatic carboxylic acids is 3. The number of unbranched alkanes of at least 4 members (excludes halogenated alkanes) is 34. The standard InChI is InChI=1S/C52H98O6/c1-4-7-10-13-16-19-22-25-27-30-33-36-39-42-45-48(50(55)56)52(51(57)58,46-43-40-37-34-31-28-26-23-20-17-14-11-8-5-2)47(49(53)54)44-41-38-35-32-29-24-21-18-15-12-9-6-3/h25,27,47-48H,4-24,26,28-46H2,1-3H3,(H,53,54)(H,55,56)(H,57,58)/b27-25-. The van der Waals surface area contributed by atoms with E-state index in [-0.39, 0.29) is 19.3 Å². The fraction of sp³-hybridized carbons (Fsp3) is 0.904. The first-order chi connectivity index (χ1) is 28.3. The van der Waals surface area contributed by atoms with Gasteiger partial charge in [-0.2, -0.15) is 0 Å². The van der Waals surface area contributed by atoms with E-state index in [0.29, 0.717) is 19.3 Å². The van der Waals surface area contributed by atoms with E-state index in [4.69, 9.17) is 0 Å². The lowest BCUT2D eigenvalue weighted by molar-refractivity contribution is -0.176. The summed E-state index contributed by atoms with van der Waals surface area (Å²) in [6.07, 6.45) is 48.8. The molecule has 58 heavy (non-hydrogen) atoms. The average molecular weight is 819 g/mol. The summed E-state index contributed by atoms with van der Waals surface area (Å²) in [4.78, 5) is 39.4. The number of carboxylic acid groups (broad SMARTS) is 3. The Bertz CT molecular complexity index is 962. The van der Waals surface area contributed by atoms with Gasteiger partial charge in [0.15, 0.2) is 0 Å². The summed E-state index contributed by atoms with van der Waals surface area (Å²) in [6, 6.07) is 0. The maximum atomic E-state index is 13.4. The van der Waals surface area contributed by atoms with Crippen LogP contribution in [0.25, 0.3) is 0 Å². The van der Waals surface area contributed by atoms with E-state index in [2.05, 4.69) is 32.9 Å². The van der Waals surface area contributed by atoms with Crippen LogP contribution in [0.5, 0.6) is 0 Å². The summed E-state index contributed by atoms with van der Waals surface area (Å²) in [6.45, 7) is 6.74. The van der Waals surface area contributed by atoms with Crippen molar-refractivity contribution in [3.8, 4) is 0 Å². The predicted molar refractivity (Wildman–Crippen MR) is 248 cm³/mol. The summed E-state index contributed by atoms with van der Waals surface area (Å²) in [5.41, 5.74) is -1.80. The minimum atomic E-state index is -1.80. The molecule has 0 aliphatic heterocycles. The van der Waals surface area contributed by atoms with Gasteiger partial charge in [0, 0.05) is 0 Å². The van der Waals surface area contributed by atoms with Gasteiger partial charge >= 0.3 is 17.9 Å². The zero-order valence-electron chi connectivity index (χ0n) is 38.9. The molecule has 3 unspecified atom stereocenters. The van der Waals surface area contributed by atoms with E-state index in [1.54, 1.807) is 0 Å². The van der Waals surface area contributed by atoms with Gasteiger partial charge in [0.25, 0.3) is 0 Å². The number of hydrogen-bond acceptors (Lipinski definition) is 3. The lowest BCUT2D eigenvalue weighted by Gasteiger charge is -2.40. The SMILES string of the molecule is CCCCCCCC/C=C\CCCCCCC(C(=O)O)C(CCCCCCCCCCCCCCCC)(C(=O)O)C(CCCCCCCCCCCCCC)C(=O)O. The molecule has 0 bridgehead atoms. The molecular weight excluding hydrogens is 721 g/mol. The monoisotopic (exact) mass is 819 g/mol. The molecule has 0 aliphatic carbocycles. The first-order valence-corrected chi connectivity index (χ1v) is 25.6. The Morgan fingerprint density at radius 3 is 0.862 bits per heavy atom. The van der Waals surface area contributed by atoms with E-state index in [9.17, 15) is 29.7 Å². The van der Waals surface area contributed by atoms with Crippen molar-refractivity contribution in [2.45, 2.75) is 284 Å².